The molecule has 4 nitrogen and oxygen atoms in total. The van der Waals surface area contributed by atoms with E-state index in [-0.39, 0.29) is 11.9 Å². The second-order valence-electron chi connectivity index (χ2n) is 5.95. The minimum atomic E-state index is -0.0744. The third kappa shape index (κ3) is 4.64. The minimum Gasteiger partial charge on any atom is -0.493 e. The molecular weight excluding hydrogens is 314 g/mol. The third-order valence-electron chi connectivity index (χ3n) is 4.32. The second kappa shape index (κ2) is 8.25. The van der Waals surface area contributed by atoms with Crippen LogP contribution in [-0.4, -0.2) is 26.2 Å². The van der Waals surface area contributed by atoms with Gasteiger partial charge in [-0.1, -0.05) is 31.4 Å². The number of ether oxygens (including phenoxy) is 2. The zero-order chi connectivity index (χ0) is 16.8. The van der Waals surface area contributed by atoms with E-state index in [0.29, 0.717) is 22.4 Å². The molecular formula is C18H24ClNO3. The number of hydrogen-bond acceptors (Lipinski definition) is 3. The fraction of sp³-hybridized carbons (Fsp3) is 0.500. The van der Waals surface area contributed by atoms with Crippen molar-refractivity contribution < 1.29 is 14.3 Å². The molecule has 0 saturated heterocycles. The van der Waals surface area contributed by atoms with Gasteiger partial charge in [-0.05, 0) is 42.5 Å². The lowest BCUT2D eigenvalue weighted by atomic mass is 9.86. The highest BCUT2D eigenvalue weighted by molar-refractivity contribution is 6.32. The molecule has 1 aromatic rings. The monoisotopic (exact) mass is 337 g/mol. The minimum absolute atomic E-state index is 0.0744. The fourth-order valence-corrected chi connectivity index (χ4v) is 3.26. The zero-order valence-corrected chi connectivity index (χ0v) is 14.7. The van der Waals surface area contributed by atoms with E-state index in [1.807, 2.05) is 0 Å². The predicted molar refractivity (Wildman–Crippen MR) is 93.2 cm³/mol. The SMILES string of the molecule is COc1cc(/C=C/C(=O)N[C@@H]2CCCC[C@H]2C)cc(Cl)c1OC. The molecule has 0 aromatic heterocycles. The van der Waals surface area contributed by atoms with Crippen LogP contribution in [0.1, 0.15) is 38.2 Å². The highest BCUT2D eigenvalue weighted by atomic mass is 35.5. The Kier molecular flexibility index (Phi) is 6.34. The third-order valence-corrected chi connectivity index (χ3v) is 4.60. The van der Waals surface area contributed by atoms with E-state index < -0.39 is 0 Å². The molecule has 1 aliphatic rings. The van der Waals surface area contributed by atoms with E-state index in [1.54, 1.807) is 31.4 Å². The number of carbonyl (C=O) groups is 1. The van der Waals surface area contributed by atoms with Crippen LogP contribution in [0.2, 0.25) is 5.02 Å². The molecule has 2 atom stereocenters. The summed E-state index contributed by atoms with van der Waals surface area (Å²) in [5.74, 6) is 1.50. The Balaban J connectivity index is 2.04. The van der Waals surface area contributed by atoms with Gasteiger partial charge in [-0.3, -0.25) is 4.79 Å². The maximum Gasteiger partial charge on any atom is 0.244 e. The summed E-state index contributed by atoms with van der Waals surface area (Å²) >= 11 is 6.16. The molecule has 0 bridgehead atoms. The van der Waals surface area contributed by atoms with Crippen LogP contribution in [0.5, 0.6) is 11.5 Å². The van der Waals surface area contributed by atoms with Gasteiger partial charge < -0.3 is 14.8 Å². The summed E-state index contributed by atoms with van der Waals surface area (Å²) in [4.78, 5) is 12.1. The lowest BCUT2D eigenvalue weighted by Crippen LogP contribution is -2.40. The second-order valence-corrected chi connectivity index (χ2v) is 6.36. The summed E-state index contributed by atoms with van der Waals surface area (Å²) in [6.07, 6.45) is 7.95. The van der Waals surface area contributed by atoms with Gasteiger partial charge in [0.05, 0.1) is 19.2 Å². The topological polar surface area (TPSA) is 47.6 Å². The number of rotatable bonds is 5. The zero-order valence-electron chi connectivity index (χ0n) is 13.9. The summed E-state index contributed by atoms with van der Waals surface area (Å²) in [6, 6.07) is 3.81. The molecule has 23 heavy (non-hydrogen) atoms. The molecule has 126 valence electrons. The average molecular weight is 338 g/mol. The fourth-order valence-electron chi connectivity index (χ4n) is 2.97. The van der Waals surface area contributed by atoms with Crippen LogP contribution < -0.4 is 14.8 Å². The lowest BCUT2D eigenvalue weighted by Gasteiger charge is -2.29. The first-order valence-electron chi connectivity index (χ1n) is 7.95. The summed E-state index contributed by atoms with van der Waals surface area (Å²) in [7, 11) is 3.09. The summed E-state index contributed by atoms with van der Waals surface area (Å²) in [6.45, 7) is 2.20. The van der Waals surface area contributed by atoms with Gasteiger partial charge in [-0.2, -0.15) is 0 Å². The van der Waals surface area contributed by atoms with Gasteiger partial charge in [-0.15, -0.1) is 0 Å². The van der Waals surface area contributed by atoms with E-state index in [4.69, 9.17) is 21.1 Å². The van der Waals surface area contributed by atoms with Crippen LogP contribution in [0.3, 0.4) is 0 Å². The van der Waals surface area contributed by atoms with Gasteiger partial charge in [0.25, 0.3) is 0 Å². The number of methoxy groups -OCH3 is 2. The van der Waals surface area contributed by atoms with E-state index in [0.717, 1.165) is 12.0 Å². The van der Waals surface area contributed by atoms with Crippen LogP contribution in [-0.2, 0) is 4.79 Å². The molecule has 1 N–H and O–H groups in total. The quantitative estimate of drug-likeness (QED) is 0.824. The maximum absolute atomic E-state index is 12.1. The Bertz CT molecular complexity index is 586. The normalized spacial score (nSPS) is 21.2. The maximum atomic E-state index is 12.1. The van der Waals surface area contributed by atoms with Crippen LogP contribution in [0, 0.1) is 5.92 Å². The van der Waals surface area contributed by atoms with Crippen LogP contribution in [0.4, 0.5) is 0 Å². The lowest BCUT2D eigenvalue weighted by molar-refractivity contribution is -0.117. The molecule has 1 fully saturated rings. The van der Waals surface area contributed by atoms with Gasteiger partial charge in [0.15, 0.2) is 11.5 Å². The van der Waals surface area contributed by atoms with Crippen molar-refractivity contribution in [3.05, 3.63) is 28.8 Å². The van der Waals surface area contributed by atoms with Crippen LogP contribution in [0.15, 0.2) is 18.2 Å². The number of amides is 1. The average Bonchev–Trinajstić information content (AvgIpc) is 2.54. The number of halogens is 1. The van der Waals surface area contributed by atoms with Gasteiger partial charge in [-0.25, -0.2) is 0 Å². The van der Waals surface area contributed by atoms with Gasteiger partial charge >= 0.3 is 0 Å². The number of hydrogen-bond donors (Lipinski definition) is 1. The van der Waals surface area contributed by atoms with Crippen molar-refractivity contribution in [2.75, 3.05) is 14.2 Å². The van der Waals surface area contributed by atoms with Crippen molar-refractivity contribution in [3.8, 4) is 11.5 Å². The largest absolute Gasteiger partial charge is 0.493 e. The van der Waals surface area contributed by atoms with E-state index in [1.165, 1.54) is 26.4 Å². The number of nitrogens with one attached hydrogen (secondary N) is 1. The first-order chi connectivity index (χ1) is 11.0. The van der Waals surface area contributed by atoms with Crippen molar-refractivity contribution in [1.82, 2.24) is 5.32 Å². The van der Waals surface area contributed by atoms with Crippen molar-refractivity contribution in [2.24, 2.45) is 5.92 Å². The Morgan fingerprint density at radius 1 is 1.26 bits per heavy atom. The molecule has 1 saturated carbocycles. The standard InChI is InChI=1S/C18H24ClNO3/c1-12-6-4-5-7-15(12)20-17(21)9-8-13-10-14(19)18(23-3)16(11-13)22-2/h8-12,15H,4-7H2,1-3H3,(H,20,21)/b9-8+/t12-,15-/m1/s1. The Morgan fingerprint density at radius 3 is 2.65 bits per heavy atom. The molecule has 0 heterocycles. The molecule has 5 heteroatoms. The first kappa shape index (κ1) is 17.7. The number of carbonyl (C=O) groups excluding carboxylic acids is 1. The van der Waals surface area contributed by atoms with Gasteiger partial charge in [0.1, 0.15) is 0 Å². The van der Waals surface area contributed by atoms with Crippen molar-refractivity contribution in [3.63, 3.8) is 0 Å². The Labute approximate surface area is 142 Å². The van der Waals surface area contributed by atoms with E-state index in [2.05, 4.69) is 12.2 Å². The molecule has 1 aliphatic carbocycles. The first-order valence-corrected chi connectivity index (χ1v) is 8.33. The number of benzene rings is 1. The van der Waals surface area contributed by atoms with Gasteiger partial charge in [0, 0.05) is 12.1 Å². The molecule has 0 spiro atoms. The van der Waals surface area contributed by atoms with Crippen molar-refractivity contribution in [1.29, 1.82) is 0 Å². The molecule has 1 aromatic carbocycles. The van der Waals surface area contributed by atoms with Crippen LogP contribution in [0.25, 0.3) is 6.08 Å². The van der Waals surface area contributed by atoms with E-state index >= 15 is 0 Å². The molecule has 0 unspecified atom stereocenters. The smallest absolute Gasteiger partial charge is 0.244 e. The molecule has 0 radical (unpaired) electrons. The van der Waals surface area contributed by atoms with Crippen molar-refractivity contribution in [2.45, 2.75) is 38.6 Å². The summed E-state index contributed by atoms with van der Waals surface area (Å²) in [5.41, 5.74) is 0.791. The summed E-state index contributed by atoms with van der Waals surface area (Å²) in [5, 5.41) is 3.54. The highest BCUT2D eigenvalue weighted by Gasteiger charge is 2.21. The van der Waals surface area contributed by atoms with Crippen LogP contribution >= 0.6 is 11.6 Å². The molecule has 1 amide bonds. The molecule has 0 aliphatic heterocycles. The Hall–Kier alpha value is -1.68. The highest BCUT2D eigenvalue weighted by Crippen LogP contribution is 2.36. The predicted octanol–water partition coefficient (Wildman–Crippen LogP) is 4.07. The van der Waals surface area contributed by atoms with E-state index in [9.17, 15) is 4.79 Å². The van der Waals surface area contributed by atoms with Crippen molar-refractivity contribution >= 4 is 23.6 Å². The molecule has 2 rings (SSSR count). The Morgan fingerprint density at radius 2 is 2.00 bits per heavy atom. The summed E-state index contributed by atoms with van der Waals surface area (Å²) < 4.78 is 10.5. The van der Waals surface area contributed by atoms with Gasteiger partial charge in [0.2, 0.25) is 5.91 Å².